The van der Waals surface area contributed by atoms with Gasteiger partial charge in [-0.2, -0.15) is 0 Å². The van der Waals surface area contributed by atoms with Gasteiger partial charge in [0.2, 0.25) is 0 Å². The van der Waals surface area contributed by atoms with E-state index in [1.54, 1.807) is 0 Å². The molecule has 0 radical (unpaired) electrons. The summed E-state index contributed by atoms with van der Waals surface area (Å²) in [7, 11) is 0. The van der Waals surface area contributed by atoms with Crippen LogP contribution < -0.4 is 0 Å². The van der Waals surface area contributed by atoms with Gasteiger partial charge in [0.05, 0.1) is 11.7 Å². The summed E-state index contributed by atoms with van der Waals surface area (Å²) < 4.78 is 24.5. The lowest BCUT2D eigenvalue weighted by Crippen LogP contribution is -2.63. The lowest BCUT2D eigenvalue weighted by molar-refractivity contribution is -0.259. The van der Waals surface area contributed by atoms with E-state index in [1.165, 1.54) is 56.9 Å². The van der Waals surface area contributed by atoms with Crippen LogP contribution in [0.2, 0.25) is 0 Å². The van der Waals surface area contributed by atoms with Gasteiger partial charge in [-0.1, -0.05) is 44.2 Å². The highest BCUT2D eigenvalue weighted by molar-refractivity contribution is 5.29. The maximum atomic E-state index is 7.01. The zero-order valence-corrected chi connectivity index (χ0v) is 22.6. The van der Waals surface area contributed by atoms with Crippen LogP contribution >= 0.6 is 0 Å². The van der Waals surface area contributed by atoms with E-state index < -0.39 is 0 Å². The normalized spacial score (nSPS) is 42.8. The summed E-state index contributed by atoms with van der Waals surface area (Å²) in [4.78, 5) is 0. The van der Waals surface area contributed by atoms with Crippen molar-refractivity contribution in [2.75, 3.05) is 26.8 Å². The minimum atomic E-state index is -0.0815. The van der Waals surface area contributed by atoms with E-state index in [0.29, 0.717) is 43.5 Å². The van der Waals surface area contributed by atoms with E-state index in [9.17, 15) is 0 Å². The number of hydrogen-bond donors (Lipinski definition) is 0. The second kappa shape index (κ2) is 10.4. The fraction of sp³-hybridized carbons (Fsp3) is 0.806. The molecular formula is C31H48O4. The van der Waals surface area contributed by atoms with E-state index in [2.05, 4.69) is 51.1 Å². The van der Waals surface area contributed by atoms with Crippen LogP contribution in [0.25, 0.3) is 0 Å². The minimum absolute atomic E-state index is 0.0815. The second-order valence-electron chi connectivity index (χ2n) is 12.3. The molecule has 1 aromatic carbocycles. The van der Waals surface area contributed by atoms with Crippen molar-refractivity contribution in [2.24, 2.45) is 28.6 Å². The van der Waals surface area contributed by atoms with Gasteiger partial charge in [0.25, 0.3) is 0 Å². The number of fused-ring (bicyclic) bond motifs is 5. The van der Waals surface area contributed by atoms with E-state index in [1.807, 2.05) is 6.92 Å². The van der Waals surface area contributed by atoms with Gasteiger partial charge in [0.1, 0.15) is 13.6 Å². The van der Waals surface area contributed by atoms with Crippen LogP contribution in [0.3, 0.4) is 0 Å². The van der Waals surface area contributed by atoms with Crippen molar-refractivity contribution in [2.45, 2.75) is 103 Å². The molecule has 35 heavy (non-hydrogen) atoms. The Kier molecular flexibility index (Phi) is 7.66. The average Bonchev–Trinajstić information content (AvgIpc) is 3.18. The number of hydrogen-bond acceptors (Lipinski definition) is 4. The summed E-state index contributed by atoms with van der Waals surface area (Å²) in [6.45, 7) is 11.6. The summed E-state index contributed by atoms with van der Waals surface area (Å²) in [5.74, 6) is 2.68. The maximum Gasteiger partial charge on any atom is 0.147 e. The molecule has 0 N–H and O–H groups in total. The lowest BCUT2D eigenvalue weighted by Gasteiger charge is -2.65. The van der Waals surface area contributed by atoms with Crippen molar-refractivity contribution in [3.05, 3.63) is 35.9 Å². The third kappa shape index (κ3) is 4.31. The Bertz CT molecular complexity index is 829. The highest BCUT2D eigenvalue weighted by atomic mass is 16.7. The van der Waals surface area contributed by atoms with E-state index in [4.69, 9.17) is 18.9 Å². The largest absolute Gasteiger partial charge is 0.356 e. The van der Waals surface area contributed by atoms with Crippen LogP contribution in [0.5, 0.6) is 0 Å². The first-order valence-electron chi connectivity index (χ1n) is 14.4. The quantitative estimate of drug-likeness (QED) is 0.272. The van der Waals surface area contributed by atoms with Crippen LogP contribution in [0.15, 0.2) is 30.3 Å². The summed E-state index contributed by atoms with van der Waals surface area (Å²) in [6, 6.07) is 11.3. The summed E-state index contributed by atoms with van der Waals surface area (Å²) >= 11 is 0. The molecule has 8 atom stereocenters. The molecule has 196 valence electrons. The zero-order valence-electron chi connectivity index (χ0n) is 22.6. The highest BCUT2D eigenvalue weighted by Crippen LogP contribution is 2.71. The van der Waals surface area contributed by atoms with Gasteiger partial charge in [-0.3, -0.25) is 0 Å². The SMILES string of the molecule is CCOCOC1CC[C@@]2(C)C(CC[C@@H]3[C@H]2CC[C@]2(C)C(c4ccccc4)CC[C@@]32OCOCC)C1. The number of benzene rings is 1. The fourth-order valence-corrected chi connectivity index (χ4v) is 9.33. The smallest absolute Gasteiger partial charge is 0.147 e. The monoisotopic (exact) mass is 484 g/mol. The highest BCUT2D eigenvalue weighted by Gasteiger charge is 2.68. The third-order valence-electron chi connectivity index (χ3n) is 11.2. The summed E-state index contributed by atoms with van der Waals surface area (Å²) in [5, 5.41) is 0. The molecule has 0 saturated heterocycles. The molecule has 4 aliphatic carbocycles. The Morgan fingerprint density at radius 1 is 0.800 bits per heavy atom. The van der Waals surface area contributed by atoms with Crippen LogP contribution in [0, 0.1) is 28.6 Å². The van der Waals surface area contributed by atoms with E-state index in [0.717, 1.165) is 24.9 Å². The van der Waals surface area contributed by atoms with E-state index in [-0.39, 0.29) is 11.0 Å². The average molecular weight is 485 g/mol. The van der Waals surface area contributed by atoms with Crippen molar-refractivity contribution in [1.29, 1.82) is 0 Å². The maximum absolute atomic E-state index is 7.01. The van der Waals surface area contributed by atoms with Crippen molar-refractivity contribution in [3.63, 3.8) is 0 Å². The molecule has 3 unspecified atom stereocenters. The van der Waals surface area contributed by atoms with Gasteiger partial charge in [-0.05, 0) is 106 Å². The third-order valence-corrected chi connectivity index (χ3v) is 11.2. The first-order chi connectivity index (χ1) is 17.0. The lowest BCUT2D eigenvalue weighted by atomic mass is 9.43. The molecule has 0 spiro atoms. The molecule has 5 rings (SSSR count). The molecule has 4 nitrogen and oxygen atoms in total. The van der Waals surface area contributed by atoms with Crippen LogP contribution in [-0.4, -0.2) is 38.5 Å². The van der Waals surface area contributed by atoms with Gasteiger partial charge in [0, 0.05) is 18.6 Å². The van der Waals surface area contributed by atoms with Gasteiger partial charge in [0.15, 0.2) is 0 Å². The standard InChI is InChI=1S/C31H48O4/c1-5-32-21-34-25-14-17-29(3)24(20-25)12-13-28-27(29)15-18-30(4)26(23-10-8-7-9-11-23)16-19-31(28,30)35-22-33-6-2/h7-11,24-28H,5-6,12-22H2,1-4H3/t24?,25?,26?,27-,28-,29+,30-,31-/m1/s1. The predicted molar refractivity (Wildman–Crippen MR) is 139 cm³/mol. The predicted octanol–water partition coefficient (Wildman–Crippen LogP) is 7.33. The van der Waals surface area contributed by atoms with Gasteiger partial charge >= 0.3 is 0 Å². The molecular weight excluding hydrogens is 436 g/mol. The molecule has 0 bridgehead atoms. The van der Waals surface area contributed by atoms with Crippen molar-refractivity contribution < 1.29 is 18.9 Å². The molecule has 0 heterocycles. The minimum Gasteiger partial charge on any atom is -0.356 e. The van der Waals surface area contributed by atoms with Crippen molar-refractivity contribution in [3.8, 4) is 0 Å². The molecule has 4 fully saturated rings. The van der Waals surface area contributed by atoms with Gasteiger partial charge in [-0.15, -0.1) is 0 Å². The molecule has 4 saturated carbocycles. The molecule has 0 amide bonds. The number of ether oxygens (including phenoxy) is 4. The molecule has 4 aliphatic rings. The molecule has 1 aromatic rings. The van der Waals surface area contributed by atoms with Gasteiger partial charge < -0.3 is 18.9 Å². The Morgan fingerprint density at radius 2 is 1.57 bits per heavy atom. The molecule has 0 aromatic heterocycles. The van der Waals surface area contributed by atoms with Crippen molar-refractivity contribution in [1.82, 2.24) is 0 Å². The Labute approximate surface area is 213 Å². The second-order valence-corrected chi connectivity index (χ2v) is 12.3. The molecule has 0 aliphatic heterocycles. The molecule has 4 heteroatoms. The Morgan fingerprint density at radius 3 is 2.34 bits per heavy atom. The van der Waals surface area contributed by atoms with Crippen LogP contribution in [-0.2, 0) is 18.9 Å². The van der Waals surface area contributed by atoms with E-state index >= 15 is 0 Å². The van der Waals surface area contributed by atoms with Gasteiger partial charge in [-0.25, -0.2) is 0 Å². The number of rotatable bonds is 9. The summed E-state index contributed by atoms with van der Waals surface area (Å²) in [6.07, 6.45) is 11.6. The first kappa shape index (κ1) is 25.7. The Hall–Kier alpha value is -0.940. The summed E-state index contributed by atoms with van der Waals surface area (Å²) in [5.41, 5.74) is 1.97. The van der Waals surface area contributed by atoms with Crippen LogP contribution in [0.1, 0.15) is 97.0 Å². The topological polar surface area (TPSA) is 36.9 Å². The van der Waals surface area contributed by atoms with Crippen LogP contribution in [0.4, 0.5) is 0 Å². The van der Waals surface area contributed by atoms with Crippen molar-refractivity contribution >= 4 is 0 Å². The zero-order chi connectivity index (χ0) is 24.5. The first-order valence-corrected chi connectivity index (χ1v) is 14.4. The Balaban J connectivity index is 1.41. The fourth-order valence-electron chi connectivity index (χ4n) is 9.33.